The van der Waals surface area contributed by atoms with Crippen LogP contribution >= 0.6 is 0 Å². The second-order valence-electron chi connectivity index (χ2n) is 4.41. The minimum Gasteiger partial charge on any atom is -0.393 e. The van der Waals surface area contributed by atoms with Gasteiger partial charge in [-0.15, -0.1) is 0 Å². The van der Waals surface area contributed by atoms with Crippen LogP contribution in [0.3, 0.4) is 0 Å². The Morgan fingerprint density at radius 3 is 2.73 bits per heavy atom. The van der Waals surface area contributed by atoms with Crippen molar-refractivity contribution in [1.29, 1.82) is 0 Å². The van der Waals surface area contributed by atoms with Crippen LogP contribution in [0.1, 0.15) is 19.3 Å². The van der Waals surface area contributed by atoms with Crippen molar-refractivity contribution in [3.63, 3.8) is 0 Å². The van der Waals surface area contributed by atoms with Crippen LogP contribution in [0.5, 0.6) is 0 Å². The van der Waals surface area contributed by atoms with Gasteiger partial charge in [-0.25, -0.2) is 0 Å². The lowest BCUT2D eigenvalue weighted by Crippen LogP contribution is -2.19. The number of fused-ring (bicyclic) bond motifs is 3. The fraction of sp³-hybridized carbons (Fsp3) is 0.800. The molecule has 3 rings (SSSR count). The fourth-order valence-corrected chi connectivity index (χ4v) is 3.31. The van der Waals surface area contributed by atoms with Crippen molar-refractivity contribution >= 4 is 0 Å². The summed E-state index contributed by atoms with van der Waals surface area (Å²) in [6.07, 6.45) is 8.26. The van der Waals surface area contributed by atoms with Gasteiger partial charge in [-0.2, -0.15) is 0 Å². The second kappa shape index (κ2) is 1.89. The molecule has 3 aliphatic rings. The maximum Gasteiger partial charge on any atom is 0.0546 e. The summed E-state index contributed by atoms with van der Waals surface area (Å²) in [7, 11) is 0. The van der Waals surface area contributed by atoms with Gasteiger partial charge in [-0.05, 0) is 42.9 Å². The molecule has 0 saturated heterocycles. The highest BCUT2D eigenvalue weighted by Crippen LogP contribution is 2.55. The summed E-state index contributed by atoms with van der Waals surface area (Å²) in [5.74, 6) is 3.46. The van der Waals surface area contributed by atoms with E-state index in [2.05, 4.69) is 12.2 Å². The third-order valence-electron chi connectivity index (χ3n) is 3.87. The summed E-state index contributed by atoms with van der Waals surface area (Å²) >= 11 is 0. The van der Waals surface area contributed by atoms with E-state index >= 15 is 0 Å². The molecule has 3 aliphatic carbocycles. The smallest absolute Gasteiger partial charge is 0.0546 e. The molecule has 0 aromatic heterocycles. The van der Waals surface area contributed by atoms with E-state index in [4.69, 9.17) is 0 Å². The summed E-state index contributed by atoms with van der Waals surface area (Å²) in [6.45, 7) is 0. The Hall–Kier alpha value is -0.300. The molecular weight excluding hydrogens is 136 g/mol. The first-order valence-corrected chi connectivity index (χ1v) is 4.71. The molecule has 1 N–H and O–H groups in total. The molecule has 0 bridgehead atoms. The first kappa shape index (κ1) is 6.24. The number of hydrogen-bond donors (Lipinski definition) is 1. The number of aliphatic hydroxyl groups excluding tert-OH is 1. The number of aliphatic hydroxyl groups is 1. The normalized spacial score (nSPS) is 58.8. The quantitative estimate of drug-likeness (QED) is 0.520. The van der Waals surface area contributed by atoms with Crippen LogP contribution in [0, 0.1) is 23.7 Å². The molecule has 1 heteroatoms. The predicted octanol–water partition coefficient (Wildman–Crippen LogP) is 1.58. The van der Waals surface area contributed by atoms with Crippen molar-refractivity contribution in [2.75, 3.05) is 0 Å². The molecule has 2 saturated carbocycles. The zero-order valence-electron chi connectivity index (χ0n) is 6.61. The molecule has 0 radical (unpaired) electrons. The Labute approximate surface area is 67.1 Å². The molecule has 2 fully saturated rings. The summed E-state index contributed by atoms with van der Waals surface area (Å²) in [6, 6.07) is 0. The van der Waals surface area contributed by atoms with Crippen LogP contribution in [0.25, 0.3) is 0 Å². The summed E-state index contributed by atoms with van der Waals surface area (Å²) in [5, 5.41) is 9.44. The van der Waals surface area contributed by atoms with Crippen molar-refractivity contribution in [3.8, 4) is 0 Å². The van der Waals surface area contributed by atoms with Gasteiger partial charge in [0.25, 0.3) is 0 Å². The number of allylic oxidation sites excluding steroid dienone is 2. The largest absolute Gasteiger partial charge is 0.393 e. The van der Waals surface area contributed by atoms with Crippen molar-refractivity contribution < 1.29 is 5.11 Å². The summed E-state index contributed by atoms with van der Waals surface area (Å²) in [5.41, 5.74) is 0. The van der Waals surface area contributed by atoms with Crippen LogP contribution in [0.4, 0.5) is 0 Å². The molecular formula is C10H14O. The minimum atomic E-state index is 0.0277. The van der Waals surface area contributed by atoms with E-state index < -0.39 is 0 Å². The maximum atomic E-state index is 9.44. The number of rotatable bonds is 0. The standard InChI is InChI=1S/C10H14O/c11-8-4-7-3-6-1-2-9(6)10(7)5-8/h1-2,6-11H,3-5H2. The first-order chi connectivity index (χ1) is 5.34. The monoisotopic (exact) mass is 150 g/mol. The van der Waals surface area contributed by atoms with Gasteiger partial charge < -0.3 is 5.11 Å². The fourth-order valence-electron chi connectivity index (χ4n) is 3.31. The Kier molecular flexibility index (Phi) is 1.07. The summed E-state index contributed by atoms with van der Waals surface area (Å²) in [4.78, 5) is 0. The molecule has 0 heterocycles. The van der Waals surface area contributed by atoms with Crippen molar-refractivity contribution in [1.82, 2.24) is 0 Å². The number of hydrogen-bond acceptors (Lipinski definition) is 1. The van der Waals surface area contributed by atoms with Crippen molar-refractivity contribution in [3.05, 3.63) is 12.2 Å². The molecule has 1 nitrogen and oxygen atoms in total. The van der Waals surface area contributed by atoms with Gasteiger partial charge in [0.15, 0.2) is 0 Å². The lowest BCUT2D eigenvalue weighted by Gasteiger charge is -2.26. The lowest BCUT2D eigenvalue weighted by molar-refractivity contribution is 0.164. The first-order valence-electron chi connectivity index (χ1n) is 4.71. The van der Waals surface area contributed by atoms with Crippen LogP contribution in [0.2, 0.25) is 0 Å². The Balaban J connectivity index is 1.85. The van der Waals surface area contributed by atoms with Crippen LogP contribution < -0.4 is 0 Å². The SMILES string of the molecule is OC1CC2CC3C=CC3C2C1. The molecule has 5 atom stereocenters. The van der Waals surface area contributed by atoms with Crippen LogP contribution in [0.15, 0.2) is 12.2 Å². The van der Waals surface area contributed by atoms with Gasteiger partial charge >= 0.3 is 0 Å². The highest BCUT2D eigenvalue weighted by molar-refractivity contribution is 5.17. The molecule has 0 amide bonds. The van der Waals surface area contributed by atoms with Gasteiger partial charge in [-0.3, -0.25) is 0 Å². The van der Waals surface area contributed by atoms with E-state index in [0.29, 0.717) is 0 Å². The molecule has 11 heavy (non-hydrogen) atoms. The third kappa shape index (κ3) is 0.698. The van der Waals surface area contributed by atoms with Gasteiger partial charge in [0.2, 0.25) is 0 Å². The van der Waals surface area contributed by atoms with E-state index in [1.54, 1.807) is 0 Å². The molecule has 60 valence electrons. The zero-order valence-corrected chi connectivity index (χ0v) is 6.61. The summed E-state index contributed by atoms with van der Waals surface area (Å²) < 4.78 is 0. The highest BCUT2D eigenvalue weighted by Gasteiger charge is 2.48. The van der Waals surface area contributed by atoms with E-state index in [-0.39, 0.29) is 6.10 Å². The Morgan fingerprint density at radius 2 is 2.00 bits per heavy atom. The molecule has 0 aromatic rings. The predicted molar refractivity (Wildman–Crippen MR) is 43.0 cm³/mol. The average Bonchev–Trinajstić information content (AvgIpc) is 2.31. The molecule has 0 aromatic carbocycles. The Bertz CT molecular complexity index is 209. The Morgan fingerprint density at radius 1 is 1.09 bits per heavy atom. The molecule has 0 aliphatic heterocycles. The van der Waals surface area contributed by atoms with Crippen molar-refractivity contribution in [2.45, 2.75) is 25.4 Å². The van der Waals surface area contributed by atoms with Gasteiger partial charge in [0, 0.05) is 0 Å². The van der Waals surface area contributed by atoms with Gasteiger partial charge in [0.05, 0.1) is 6.10 Å². The lowest BCUT2D eigenvalue weighted by atomic mass is 9.80. The van der Waals surface area contributed by atoms with Gasteiger partial charge in [0.1, 0.15) is 0 Å². The van der Waals surface area contributed by atoms with E-state index in [0.717, 1.165) is 36.5 Å². The van der Waals surface area contributed by atoms with Crippen LogP contribution in [-0.2, 0) is 0 Å². The minimum absolute atomic E-state index is 0.0277. The zero-order chi connectivity index (χ0) is 7.42. The molecule has 0 spiro atoms. The van der Waals surface area contributed by atoms with E-state index in [1.807, 2.05) is 0 Å². The second-order valence-corrected chi connectivity index (χ2v) is 4.41. The molecule has 5 unspecified atom stereocenters. The van der Waals surface area contributed by atoms with Gasteiger partial charge in [-0.1, -0.05) is 12.2 Å². The maximum absolute atomic E-state index is 9.44. The van der Waals surface area contributed by atoms with E-state index in [1.165, 1.54) is 6.42 Å². The van der Waals surface area contributed by atoms with Crippen LogP contribution in [-0.4, -0.2) is 11.2 Å². The third-order valence-corrected chi connectivity index (χ3v) is 3.87. The highest BCUT2D eigenvalue weighted by atomic mass is 16.3. The van der Waals surface area contributed by atoms with E-state index in [9.17, 15) is 5.11 Å². The van der Waals surface area contributed by atoms with Crippen molar-refractivity contribution in [2.24, 2.45) is 23.7 Å². The topological polar surface area (TPSA) is 20.2 Å². The average molecular weight is 150 g/mol.